The molecule has 0 saturated carbocycles. The van der Waals surface area contributed by atoms with Crippen LogP contribution in [0.15, 0.2) is 30.3 Å². The predicted molar refractivity (Wildman–Crippen MR) is 75.4 cm³/mol. The van der Waals surface area contributed by atoms with Crippen molar-refractivity contribution >= 4 is 0 Å². The lowest BCUT2D eigenvalue weighted by atomic mass is 10.1. The normalized spacial score (nSPS) is 10.5. The fraction of sp³-hybridized carbons (Fsp3) is 0.400. The quantitative estimate of drug-likeness (QED) is 0.757. The molecule has 0 radical (unpaired) electrons. The van der Waals surface area contributed by atoms with Gasteiger partial charge >= 0.3 is 0 Å². The number of para-hydroxylation sites is 1. The Morgan fingerprint density at radius 2 is 2.05 bits per heavy atom. The van der Waals surface area contributed by atoms with Crippen LogP contribution in [0.5, 0.6) is 5.75 Å². The van der Waals surface area contributed by atoms with Crippen molar-refractivity contribution in [3.05, 3.63) is 41.7 Å². The first-order valence-corrected chi connectivity index (χ1v) is 6.73. The SMILES string of the molecule is CC(C)c1c(C#N)nnn1CCCOc1ccccc1. The van der Waals surface area contributed by atoms with Gasteiger partial charge in [0, 0.05) is 13.0 Å². The van der Waals surface area contributed by atoms with Gasteiger partial charge in [-0.2, -0.15) is 5.26 Å². The standard InChI is InChI=1S/C15H18N4O/c1-12(2)15-14(11-16)17-18-19(15)9-6-10-20-13-7-4-3-5-8-13/h3-5,7-8,12H,6,9-10H2,1-2H3. The van der Waals surface area contributed by atoms with Crippen molar-refractivity contribution in [3.63, 3.8) is 0 Å². The summed E-state index contributed by atoms with van der Waals surface area (Å²) in [6.45, 7) is 5.39. The topological polar surface area (TPSA) is 63.7 Å². The Labute approximate surface area is 118 Å². The summed E-state index contributed by atoms with van der Waals surface area (Å²) in [7, 11) is 0. The van der Waals surface area contributed by atoms with E-state index in [0.29, 0.717) is 18.8 Å². The van der Waals surface area contributed by atoms with Gasteiger partial charge in [-0.05, 0) is 18.1 Å². The maximum atomic E-state index is 9.01. The zero-order chi connectivity index (χ0) is 14.4. The Kier molecular flexibility index (Phi) is 4.72. The fourth-order valence-electron chi connectivity index (χ4n) is 2.06. The highest BCUT2D eigenvalue weighted by atomic mass is 16.5. The Morgan fingerprint density at radius 1 is 1.30 bits per heavy atom. The Morgan fingerprint density at radius 3 is 2.70 bits per heavy atom. The van der Waals surface area contributed by atoms with E-state index >= 15 is 0 Å². The van der Waals surface area contributed by atoms with Crippen LogP contribution < -0.4 is 4.74 Å². The summed E-state index contributed by atoms with van der Waals surface area (Å²) < 4.78 is 7.44. The van der Waals surface area contributed by atoms with Crippen LogP contribution in [-0.4, -0.2) is 21.6 Å². The van der Waals surface area contributed by atoms with E-state index in [1.165, 1.54) is 0 Å². The molecule has 104 valence electrons. The third kappa shape index (κ3) is 3.35. The molecule has 0 aliphatic rings. The van der Waals surface area contributed by atoms with E-state index in [4.69, 9.17) is 10.00 Å². The van der Waals surface area contributed by atoms with Crippen molar-refractivity contribution in [1.82, 2.24) is 15.0 Å². The van der Waals surface area contributed by atoms with Gasteiger partial charge < -0.3 is 4.74 Å². The summed E-state index contributed by atoms with van der Waals surface area (Å²) in [6, 6.07) is 11.8. The number of hydrogen-bond acceptors (Lipinski definition) is 4. The van der Waals surface area contributed by atoms with Crippen LogP contribution in [0.2, 0.25) is 0 Å². The summed E-state index contributed by atoms with van der Waals surface area (Å²) in [5, 5.41) is 17.0. The van der Waals surface area contributed by atoms with Gasteiger partial charge in [0.05, 0.1) is 12.3 Å². The highest BCUT2D eigenvalue weighted by Crippen LogP contribution is 2.17. The first-order valence-electron chi connectivity index (χ1n) is 6.73. The molecule has 0 atom stereocenters. The van der Waals surface area contributed by atoms with E-state index in [1.807, 2.05) is 44.2 Å². The molecule has 0 fully saturated rings. The van der Waals surface area contributed by atoms with E-state index in [2.05, 4.69) is 16.4 Å². The molecular weight excluding hydrogens is 252 g/mol. The zero-order valence-electron chi connectivity index (χ0n) is 11.8. The van der Waals surface area contributed by atoms with Crippen LogP contribution >= 0.6 is 0 Å². The van der Waals surface area contributed by atoms with Crippen LogP contribution in [0, 0.1) is 11.3 Å². The molecule has 1 aromatic carbocycles. The van der Waals surface area contributed by atoms with Crippen LogP contribution in [0.3, 0.4) is 0 Å². The largest absolute Gasteiger partial charge is 0.494 e. The zero-order valence-corrected chi connectivity index (χ0v) is 11.8. The lowest BCUT2D eigenvalue weighted by Crippen LogP contribution is -2.10. The van der Waals surface area contributed by atoms with E-state index < -0.39 is 0 Å². The van der Waals surface area contributed by atoms with Crippen molar-refractivity contribution in [2.24, 2.45) is 0 Å². The van der Waals surface area contributed by atoms with Crippen molar-refractivity contribution < 1.29 is 4.74 Å². The summed E-state index contributed by atoms with van der Waals surface area (Å²) in [6.07, 6.45) is 0.822. The second kappa shape index (κ2) is 6.71. The van der Waals surface area contributed by atoms with Crippen molar-refractivity contribution in [2.75, 3.05) is 6.61 Å². The van der Waals surface area contributed by atoms with Gasteiger partial charge in [-0.25, -0.2) is 4.68 Å². The molecule has 0 N–H and O–H groups in total. The van der Waals surface area contributed by atoms with Gasteiger partial charge in [-0.15, -0.1) is 5.10 Å². The third-order valence-electron chi connectivity index (χ3n) is 2.95. The Hall–Kier alpha value is -2.35. The minimum Gasteiger partial charge on any atom is -0.494 e. The average Bonchev–Trinajstić information content (AvgIpc) is 2.88. The second-order valence-corrected chi connectivity index (χ2v) is 4.83. The molecule has 5 heteroatoms. The maximum Gasteiger partial charge on any atom is 0.186 e. The van der Waals surface area contributed by atoms with Crippen LogP contribution in [-0.2, 0) is 6.54 Å². The number of ether oxygens (including phenoxy) is 1. The van der Waals surface area contributed by atoms with Crippen molar-refractivity contribution in [3.8, 4) is 11.8 Å². The molecule has 1 aromatic heterocycles. The molecular formula is C15H18N4O. The molecule has 1 heterocycles. The Balaban J connectivity index is 1.89. The molecule has 2 aromatic rings. The monoisotopic (exact) mass is 270 g/mol. The van der Waals surface area contributed by atoms with Gasteiger partial charge in [-0.1, -0.05) is 37.3 Å². The lowest BCUT2D eigenvalue weighted by Gasteiger charge is -2.10. The minimum atomic E-state index is 0.231. The smallest absolute Gasteiger partial charge is 0.186 e. The number of nitrogens with zero attached hydrogens (tertiary/aromatic N) is 4. The van der Waals surface area contributed by atoms with E-state index in [-0.39, 0.29) is 5.92 Å². The van der Waals surface area contributed by atoms with E-state index in [1.54, 1.807) is 4.68 Å². The van der Waals surface area contributed by atoms with Crippen molar-refractivity contribution in [1.29, 1.82) is 5.26 Å². The summed E-state index contributed by atoms with van der Waals surface area (Å²) >= 11 is 0. The van der Waals surface area contributed by atoms with Gasteiger partial charge in [0.2, 0.25) is 0 Å². The fourth-order valence-corrected chi connectivity index (χ4v) is 2.06. The molecule has 0 unspecified atom stereocenters. The molecule has 2 rings (SSSR count). The van der Waals surface area contributed by atoms with E-state index in [0.717, 1.165) is 17.9 Å². The predicted octanol–water partition coefficient (Wildman–Crippen LogP) is 2.74. The average molecular weight is 270 g/mol. The molecule has 20 heavy (non-hydrogen) atoms. The van der Waals surface area contributed by atoms with Crippen LogP contribution in [0.4, 0.5) is 0 Å². The number of hydrogen-bond donors (Lipinski definition) is 0. The molecule has 0 bridgehead atoms. The molecule has 0 aliphatic heterocycles. The summed E-state index contributed by atoms with van der Waals surface area (Å²) in [5.41, 5.74) is 1.32. The first kappa shape index (κ1) is 14.1. The third-order valence-corrected chi connectivity index (χ3v) is 2.95. The molecule has 0 aliphatic carbocycles. The number of benzene rings is 1. The molecule has 0 spiro atoms. The maximum absolute atomic E-state index is 9.01. The second-order valence-electron chi connectivity index (χ2n) is 4.83. The lowest BCUT2D eigenvalue weighted by molar-refractivity contribution is 0.296. The van der Waals surface area contributed by atoms with E-state index in [9.17, 15) is 0 Å². The van der Waals surface area contributed by atoms with Gasteiger partial charge in [0.15, 0.2) is 5.69 Å². The van der Waals surface area contributed by atoms with Crippen LogP contribution in [0.25, 0.3) is 0 Å². The van der Waals surface area contributed by atoms with Gasteiger partial charge in [0.25, 0.3) is 0 Å². The van der Waals surface area contributed by atoms with Crippen molar-refractivity contribution in [2.45, 2.75) is 32.7 Å². The summed E-state index contributed by atoms with van der Waals surface area (Å²) in [4.78, 5) is 0. The highest BCUT2D eigenvalue weighted by Gasteiger charge is 2.15. The molecule has 5 nitrogen and oxygen atoms in total. The number of rotatable bonds is 6. The van der Waals surface area contributed by atoms with Crippen LogP contribution in [0.1, 0.15) is 37.6 Å². The van der Waals surface area contributed by atoms with Gasteiger partial charge in [-0.3, -0.25) is 0 Å². The van der Waals surface area contributed by atoms with Gasteiger partial charge in [0.1, 0.15) is 11.8 Å². The Bertz CT molecular complexity index is 584. The number of nitriles is 1. The molecule has 0 amide bonds. The minimum absolute atomic E-state index is 0.231. The number of aryl methyl sites for hydroxylation is 1. The first-order chi connectivity index (χ1) is 9.72. The molecule has 0 saturated heterocycles. The number of aromatic nitrogens is 3. The summed E-state index contributed by atoms with van der Waals surface area (Å²) in [5.74, 6) is 1.10. The highest BCUT2D eigenvalue weighted by molar-refractivity contribution is 5.27.